The van der Waals surface area contributed by atoms with Gasteiger partial charge in [-0.1, -0.05) is 0 Å². The molecule has 0 radical (unpaired) electrons. The number of amides is 1. The van der Waals surface area contributed by atoms with Gasteiger partial charge in [-0.25, -0.2) is 13.1 Å². The van der Waals surface area contributed by atoms with Crippen molar-refractivity contribution in [3.05, 3.63) is 23.8 Å². The Morgan fingerprint density at radius 2 is 1.88 bits per heavy atom. The van der Waals surface area contributed by atoms with Crippen LogP contribution in [0.15, 0.2) is 18.2 Å². The van der Waals surface area contributed by atoms with Gasteiger partial charge in [-0.05, 0) is 39.2 Å². The number of hydrogen-bond acceptors (Lipinski definition) is 6. The second kappa shape index (κ2) is 10.2. The molecule has 1 aromatic carbocycles. The van der Waals surface area contributed by atoms with Gasteiger partial charge < -0.3 is 19.7 Å². The standard InChI is InChI=1S/C16H27N3O5S/c1-19(2)10-5-8-18-25(21,22)11-9-17-16(20)14-7-6-13(23-3)12-15(14)24-4/h6-7,12,18H,5,8-11H2,1-4H3,(H,17,20). The zero-order valence-corrected chi connectivity index (χ0v) is 16.0. The molecule has 0 unspecified atom stereocenters. The summed E-state index contributed by atoms with van der Waals surface area (Å²) >= 11 is 0. The summed E-state index contributed by atoms with van der Waals surface area (Å²) < 4.78 is 36.5. The monoisotopic (exact) mass is 373 g/mol. The Balaban J connectivity index is 2.48. The lowest BCUT2D eigenvalue weighted by atomic mass is 10.2. The first-order chi connectivity index (χ1) is 11.8. The topological polar surface area (TPSA) is 97.0 Å². The van der Waals surface area contributed by atoms with E-state index in [2.05, 4.69) is 10.0 Å². The van der Waals surface area contributed by atoms with Crippen LogP contribution in [0.4, 0.5) is 0 Å². The number of ether oxygens (including phenoxy) is 2. The van der Waals surface area contributed by atoms with E-state index in [-0.39, 0.29) is 12.3 Å². The van der Waals surface area contributed by atoms with Crippen molar-refractivity contribution >= 4 is 15.9 Å². The van der Waals surface area contributed by atoms with Crippen LogP contribution in [-0.2, 0) is 10.0 Å². The van der Waals surface area contributed by atoms with Crippen LogP contribution >= 0.6 is 0 Å². The highest BCUT2D eigenvalue weighted by Gasteiger charge is 2.15. The van der Waals surface area contributed by atoms with Gasteiger partial charge in [0.05, 0.1) is 25.5 Å². The van der Waals surface area contributed by atoms with Crippen molar-refractivity contribution in [2.75, 3.05) is 53.7 Å². The maximum Gasteiger partial charge on any atom is 0.255 e. The fourth-order valence-corrected chi connectivity index (χ4v) is 3.05. The van der Waals surface area contributed by atoms with E-state index in [4.69, 9.17) is 9.47 Å². The van der Waals surface area contributed by atoms with Gasteiger partial charge in [0.25, 0.3) is 5.91 Å². The minimum Gasteiger partial charge on any atom is -0.497 e. The van der Waals surface area contributed by atoms with E-state index in [1.54, 1.807) is 18.2 Å². The summed E-state index contributed by atoms with van der Waals surface area (Å²) in [5.74, 6) is 0.348. The maximum absolute atomic E-state index is 12.2. The van der Waals surface area contributed by atoms with Crippen molar-refractivity contribution in [3.63, 3.8) is 0 Å². The molecular weight excluding hydrogens is 346 g/mol. The van der Waals surface area contributed by atoms with Crippen LogP contribution in [0.2, 0.25) is 0 Å². The molecule has 0 atom stereocenters. The van der Waals surface area contributed by atoms with Gasteiger partial charge in [0, 0.05) is 19.2 Å². The highest BCUT2D eigenvalue weighted by molar-refractivity contribution is 7.89. The molecule has 9 heteroatoms. The summed E-state index contributed by atoms with van der Waals surface area (Å²) in [6, 6.07) is 4.80. The van der Waals surface area contributed by atoms with E-state index < -0.39 is 15.9 Å². The van der Waals surface area contributed by atoms with Gasteiger partial charge in [0.2, 0.25) is 10.0 Å². The molecular formula is C16H27N3O5S. The largest absolute Gasteiger partial charge is 0.497 e. The molecule has 0 saturated heterocycles. The number of hydrogen-bond donors (Lipinski definition) is 2. The third-order valence-electron chi connectivity index (χ3n) is 3.41. The first-order valence-corrected chi connectivity index (χ1v) is 9.56. The normalized spacial score (nSPS) is 11.4. The average molecular weight is 373 g/mol. The summed E-state index contributed by atoms with van der Waals surface area (Å²) in [4.78, 5) is 14.2. The zero-order valence-electron chi connectivity index (χ0n) is 15.2. The van der Waals surface area contributed by atoms with Crippen molar-refractivity contribution < 1.29 is 22.7 Å². The molecule has 2 N–H and O–H groups in total. The van der Waals surface area contributed by atoms with Crippen molar-refractivity contribution in [2.24, 2.45) is 0 Å². The van der Waals surface area contributed by atoms with Crippen molar-refractivity contribution in [3.8, 4) is 11.5 Å². The predicted octanol–water partition coefficient (Wildman–Crippen LogP) is 0.305. The van der Waals surface area contributed by atoms with Crippen LogP contribution in [0.25, 0.3) is 0 Å². The Labute approximate surface area is 149 Å². The lowest BCUT2D eigenvalue weighted by Crippen LogP contribution is -2.35. The third-order valence-corrected chi connectivity index (χ3v) is 4.80. The average Bonchev–Trinajstić information content (AvgIpc) is 2.57. The minimum absolute atomic E-state index is 0.0109. The van der Waals surface area contributed by atoms with E-state index in [0.29, 0.717) is 23.6 Å². The fraction of sp³-hybridized carbons (Fsp3) is 0.562. The number of benzene rings is 1. The molecule has 0 fully saturated rings. The van der Waals surface area contributed by atoms with E-state index in [1.807, 2.05) is 19.0 Å². The fourth-order valence-electron chi connectivity index (χ4n) is 2.08. The Bertz CT molecular complexity index is 662. The molecule has 142 valence electrons. The van der Waals surface area contributed by atoms with Crippen molar-refractivity contribution in [1.29, 1.82) is 0 Å². The van der Waals surface area contributed by atoms with Gasteiger partial charge in [0.15, 0.2) is 0 Å². The highest BCUT2D eigenvalue weighted by atomic mass is 32.2. The highest BCUT2D eigenvalue weighted by Crippen LogP contribution is 2.24. The molecule has 0 saturated carbocycles. The number of methoxy groups -OCH3 is 2. The quantitative estimate of drug-likeness (QED) is 0.542. The van der Waals surface area contributed by atoms with Crippen LogP contribution in [-0.4, -0.2) is 72.9 Å². The number of sulfonamides is 1. The summed E-state index contributed by atoms with van der Waals surface area (Å²) in [5, 5.41) is 2.59. The summed E-state index contributed by atoms with van der Waals surface area (Å²) in [5.41, 5.74) is 0.319. The van der Waals surface area contributed by atoms with E-state index >= 15 is 0 Å². The number of nitrogens with zero attached hydrogens (tertiary/aromatic N) is 1. The maximum atomic E-state index is 12.2. The minimum atomic E-state index is -3.42. The third kappa shape index (κ3) is 7.72. The number of carbonyl (C=O) groups is 1. The van der Waals surface area contributed by atoms with E-state index in [1.165, 1.54) is 14.2 Å². The molecule has 0 aromatic heterocycles. The van der Waals surface area contributed by atoms with Crippen molar-refractivity contribution in [1.82, 2.24) is 14.9 Å². The predicted molar refractivity (Wildman–Crippen MR) is 96.8 cm³/mol. The van der Waals surface area contributed by atoms with Gasteiger partial charge in [-0.2, -0.15) is 0 Å². The molecule has 0 aliphatic heterocycles. The first-order valence-electron chi connectivity index (χ1n) is 7.91. The Morgan fingerprint density at radius 1 is 1.16 bits per heavy atom. The number of rotatable bonds is 11. The molecule has 1 amide bonds. The molecule has 0 aliphatic carbocycles. The van der Waals surface area contributed by atoms with Crippen molar-refractivity contribution in [2.45, 2.75) is 6.42 Å². The zero-order chi connectivity index (χ0) is 18.9. The Kier molecular flexibility index (Phi) is 8.67. The van der Waals surface area contributed by atoms with Gasteiger partial charge in [-0.15, -0.1) is 0 Å². The first kappa shape index (κ1) is 21.2. The van der Waals surface area contributed by atoms with Gasteiger partial charge in [-0.3, -0.25) is 4.79 Å². The molecule has 25 heavy (non-hydrogen) atoms. The second-order valence-electron chi connectivity index (χ2n) is 5.69. The molecule has 0 spiro atoms. The lowest BCUT2D eigenvalue weighted by molar-refractivity contribution is 0.0953. The number of carbonyl (C=O) groups excluding carboxylic acids is 1. The Morgan fingerprint density at radius 3 is 2.48 bits per heavy atom. The smallest absolute Gasteiger partial charge is 0.255 e. The molecule has 8 nitrogen and oxygen atoms in total. The van der Waals surface area contributed by atoms with Crippen LogP contribution < -0.4 is 19.5 Å². The van der Waals surface area contributed by atoms with Crippen LogP contribution in [0.3, 0.4) is 0 Å². The molecule has 1 aromatic rings. The second-order valence-corrected chi connectivity index (χ2v) is 7.62. The molecule has 0 bridgehead atoms. The van der Waals surface area contributed by atoms with Crippen LogP contribution in [0.5, 0.6) is 11.5 Å². The molecule has 1 rings (SSSR count). The Hall–Kier alpha value is -1.84. The van der Waals surface area contributed by atoms with Gasteiger partial charge >= 0.3 is 0 Å². The SMILES string of the molecule is COc1ccc(C(=O)NCCS(=O)(=O)NCCCN(C)C)c(OC)c1. The van der Waals surface area contributed by atoms with Gasteiger partial charge in [0.1, 0.15) is 11.5 Å². The number of nitrogens with one attached hydrogen (secondary N) is 2. The molecule has 0 aliphatic rings. The van der Waals surface area contributed by atoms with E-state index in [9.17, 15) is 13.2 Å². The van der Waals surface area contributed by atoms with E-state index in [0.717, 1.165) is 13.0 Å². The molecule has 0 heterocycles. The van der Waals surface area contributed by atoms with Crippen LogP contribution in [0.1, 0.15) is 16.8 Å². The van der Waals surface area contributed by atoms with Crippen LogP contribution in [0, 0.1) is 0 Å². The summed E-state index contributed by atoms with van der Waals surface area (Å²) in [6.07, 6.45) is 0.724. The summed E-state index contributed by atoms with van der Waals surface area (Å²) in [7, 11) is 3.41. The lowest BCUT2D eigenvalue weighted by Gasteiger charge is -2.12. The summed E-state index contributed by atoms with van der Waals surface area (Å²) in [6.45, 7) is 1.19.